The van der Waals surface area contributed by atoms with Gasteiger partial charge in [0.25, 0.3) is 0 Å². The lowest BCUT2D eigenvalue weighted by molar-refractivity contribution is -0.152. The Balaban J connectivity index is 1.71. The second-order valence-electron chi connectivity index (χ2n) is 7.07. The highest BCUT2D eigenvalue weighted by Crippen LogP contribution is 2.25. The second-order valence-corrected chi connectivity index (χ2v) is 9.22. The molecule has 2 amide bonds. The molecule has 1 aromatic carbocycles. The molecule has 0 saturated carbocycles. The van der Waals surface area contributed by atoms with Crippen LogP contribution in [0.2, 0.25) is 5.02 Å². The van der Waals surface area contributed by atoms with E-state index in [-0.39, 0.29) is 29.0 Å². The number of halogens is 1. The van der Waals surface area contributed by atoms with Crippen LogP contribution in [0.1, 0.15) is 26.7 Å². The number of piperidine rings is 1. The number of amides is 2. The van der Waals surface area contributed by atoms with Gasteiger partial charge >= 0.3 is 0 Å². The van der Waals surface area contributed by atoms with Crippen LogP contribution < -0.4 is 10.0 Å². The third-order valence-electron chi connectivity index (χ3n) is 4.86. The smallest absolute Gasteiger partial charge is 0.246 e. The fraction of sp³-hybridized carbons (Fsp3) is 0.529. The standard InChI is InChI=1S/C17H22ClN3O4S/c1-10(2)15-17(23)21-8-7-12(9-14(21)16(22)19-15)20-26(24,25)13-5-3-11(18)4-6-13/h3-6,10,12,14-15,20H,7-9H2,1-2H3,(H,19,22)/t12-,14-,15+/m0/s1. The predicted octanol–water partition coefficient (Wildman–Crippen LogP) is 1.13. The average Bonchev–Trinajstić information content (AvgIpc) is 2.58. The number of piperazine rings is 1. The molecule has 0 aliphatic carbocycles. The summed E-state index contributed by atoms with van der Waals surface area (Å²) in [5.41, 5.74) is 0. The van der Waals surface area contributed by atoms with Gasteiger partial charge in [0.2, 0.25) is 21.8 Å². The van der Waals surface area contributed by atoms with Gasteiger partial charge in [-0.1, -0.05) is 25.4 Å². The first-order valence-electron chi connectivity index (χ1n) is 8.58. The predicted molar refractivity (Wildman–Crippen MR) is 97.1 cm³/mol. The minimum Gasteiger partial charge on any atom is -0.342 e. The van der Waals surface area contributed by atoms with Crippen LogP contribution in [0.15, 0.2) is 29.2 Å². The molecule has 2 N–H and O–H groups in total. The molecule has 1 aromatic rings. The Morgan fingerprint density at radius 2 is 1.88 bits per heavy atom. The van der Waals surface area contributed by atoms with Crippen LogP contribution in [0.4, 0.5) is 0 Å². The van der Waals surface area contributed by atoms with Gasteiger partial charge in [0.15, 0.2) is 0 Å². The van der Waals surface area contributed by atoms with Gasteiger partial charge in [-0.3, -0.25) is 9.59 Å². The van der Waals surface area contributed by atoms with Crippen LogP contribution in [-0.2, 0) is 19.6 Å². The van der Waals surface area contributed by atoms with E-state index in [0.29, 0.717) is 18.0 Å². The minimum absolute atomic E-state index is 0.00790. The molecule has 3 rings (SSSR count). The topological polar surface area (TPSA) is 95.6 Å². The zero-order valence-corrected chi connectivity index (χ0v) is 16.2. The van der Waals surface area contributed by atoms with Gasteiger partial charge in [-0.2, -0.15) is 0 Å². The maximum absolute atomic E-state index is 12.6. The van der Waals surface area contributed by atoms with Crippen molar-refractivity contribution >= 4 is 33.4 Å². The summed E-state index contributed by atoms with van der Waals surface area (Å²) in [6.45, 7) is 4.13. The number of hydrogen-bond donors (Lipinski definition) is 2. The SMILES string of the molecule is CC(C)[C@H]1NC(=O)[C@@H]2C[C@@H](NS(=O)(=O)c3ccc(Cl)cc3)CCN2C1=O. The minimum atomic E-state index is -3.71. The fourth-order valence-corrected chi connectivity index (χ4v) is 4.84. The molecule has 2 fully saturated rings. The maximum Gasteiger partial charge on any atom is 0.246 e. The van der Waals surface area contributed by atoms with E-state index in [4.69, 9.17) is 11.6 Å². The molecule has 3 atom stereocenters. The van der Waals surface area contributed by atoms with E-state index in [9.17, 15) is 18.0 Å². The molecule has 2 aliphatic heterocycles. The quantitative estimate of drug-likeness (QED) is 0.793. The third-order valence-corrected chi connectivity index (χ3v) is 6.65. The Kier molecular flexibility index (Phi) is 5.28. The average molecular weight is 400 g/mol. The first kappa shape index (κ1) is 19.1. The van der Waals surface area contributed by atoms with Crippen LogP contribution in [0.25, 0.3) is 0 Å². The number of carbonyl (C=O) groups excluding carboxylic acids is 2. The van der Waals surface area contributed by atoms with E-state index in [1.807, 2.05) is 13.8 Å². The number of nitrogens with zero attached hydrogens (tertiary/aromatic N) is 1. The summed E-state index contributed by atoms with van der Waals surface area (Å²) in [5, 5.41) is 3.22. The third kappa shape index (κ3) is 3.72. The van der Waals surface area contributed by atoms with Crippen molar-refractivity contribution in [2.45, 2.75) is 49.7 Å². The van der Waals surface area contributed by atoms with Crippen molar-refractivity contribution < 1.29 is 18.0 Å². The highest BCUT2D eigenvalue weighted by molar-refractivity contribution is 7.89. The molecule has 26 heavy (non-hydrogen) atoms. The molecule has 9 heteroatoms. The Morgan fingerprint density at radius 1 is 1.23 bits per heavy atom. The summed E-state index contributed by atoms with van der Waals surface area (Å²) < 4.78 is 27.7. The van der Waals surface area contributed by atoms with Crippen molar-refractivity contribution in [1.29, 1.82) is 0 Å². The molecule has 0 aromatic heterocycles. The normalized spacial score (nSPS) is 26.6. The van der Waals surface area contributed by atoms with Gasteiger partial charge in [-0.15, -0.1) is 0 Å². The monoisotopic (exact) mass is 399 g/mol. The van der Waals surface area contributed by atoms with Crippen LogP contribution in [0.5, 0.6) is 0 Å². The van der Waals surface area contributed by atoms with Crippen LogP contribution in [-0.4, -0.2) is 49.8 Å². The van der Waals surface area contributed by atoms with Crippen molar-refractivity contribution in [3.05, 3.63) is 29.3 Å². The van der Waals surface area contributed by atoms with Crippen LogP contribution in [0, 0.1) is 5.92 Å². The summed E-state index contributed by atoms with van der Waals surface area (Å²) in [6, 6.07) is 4.33. The summed E-state index contributed by atoms with van der Waals surface area (Å²) in [5.74, 6) is -0.309. The Bertz CT molecular complexity index is 810. The van der Waals surface area contributed by atoms with E-state index in [2.05, 4.69) is 10.0 Å². The molecule has 2 heterocycles. The molecular formula is C17H22ClN3O4S. The lowest BCUT2D eigenvalue weighted by Gasteiger charge is -2.44. The number of carbonyl (C=O) groups is 2. The largest absolute Gasteiger partial charge is 0.342 e. The van der Waals surface area contributed by atoms with Gasteiger partial charge in [-0.25, -0.2) is 13.1 Å². The number of benzene rings is 1. The van der Waals surface area contributed by atoms with Crippen molar-refractivity contribution in [3.8, 4) is 0 Å². The fourth-order valence-electron chi connectivity index (χ4n) is 3.43. The van der Waals surface area contributed by atoms with Crippen molar-refractivity contribution in [2.24, 2.45) is 5.92 Å². The second kappa shape index (κ2) is 7.17. The van der Waals surface area contributed by atoms with E-state index < -0.39 is 28.1 Å². The number of sulfonamides is 1. The highest BCUT2D eigenvalue weighted by Gasteiger charge is 2.45. The maximum atomic E-state index is 12.6. The van der Waals surface area contributed by atoms with Gasteiger partial charge in [0.1, 0.15) is 12.1 Å². The molecule has 7 nitrogen and oxygen atoms in total. The van der Waals surface area contributed by atoms with Gasteiger partial charge in [-0.05, 0) is 43.0 Å². The van der Waals surface area contributed by atoms with Crippen LogP contribution in [0.3, 0.4) is 0 Å². The number of fused-ring (bicyclic) bond motifs is 1. The Labute approximate surface area is 158 Å². The molecule has 2 aliphatic rings. The Morgan fingerprint density at radius 3 is 2.50 bits per heavy atom. The van der Waals surface area contributed by atoms with Gasteiger partial charge < -0.3 is 10.2 Å². The molecular weight excluding hydrogens is 378 g/mol. The lowest BCUT2D eigenvalue weighted by Crippen LogP contribution is -2.67. The number of nitrogens with one attached hydrogen (secondary N) is 2. The molecule has 0 unspecified atom stereocenters. The van der Waals surface area contributed by atoms with E-state index in [1.165, 1.54) is 24.3 Å². The summed E-state index contributed by atoms with van der Waals surface area (Å²) >= 11 is 5.80. The van der Waals surface area contributed by atoms with Crippen molar-refractivity contribution in [3.63, 3.8) is 0 Å². The first-order valence-corrected chi connectivity index (χ1v) is 10.4. The summed E-state index contributed by atoms with van der Waals surface area (Å²) in [6.07, 6.45) is 0.725. The zero-order valence-electron chi connectivity index (χ0n) is 14.6. The Hall–Kier alpha value is -1.64. The summed E-state index contributed by atoms with van der Waals surface area (Å²) in [7, 11) is -3.71. The molecule has 0 radical (unpaired) electrons. The van der Waals surface area contributed by atoms with E-state index >= 15 is 0 Å². The first-order chi connectivity index (χ1) is 12.2. The van der Waals surface area contributed by atoms with Crippen molar-refractivity contribution in [2.75, 3.05) is 6.54 Å². The van der Waals surface area contributed by atoms with E-state index in [0.717, 1.165) is 0 Å². The lowest BCUT2D eigenvalue weighted by atomic mass is 9.91. The van der Waals surface area contributed by atoms with Crippen molar-refractivity contribution in [1.82, 2.24) is 14.9 Å². The van der Waals surface area contributed by atoms with Gasteiger partial charge in [0, 0.05) is 17.6 Å². The van der Waals surface area contributed by atoms with Crippen LogP contribution >= 0.6 is 11.6 Å². The number of hydrogen-bond acceptors (Lipinski definition) is 4. The van der Waals surface area contributed by atoms with Gasteiger partial charge in [0.05, 0.1) is 4.90 Å². The van der Waals surface area contributed by atoms with E-state index in [1.54, 1.807) is 4.90 Å². The molecule has 142 valence electrons. The molecule has 0 spiro atoms. The number of rotatable bonds is 4. The highest BCUT2D eigenvalue weighted by atomic mass is 35.5. The molecule has 2 saturated heterocycles. The summed E-state index contributed by atoms with van der Waals surface area (Å²) in [4.78, 5) is 26.7. The molecule has 0 bridgehead atoms. The zero-order chi connectivity index (χ0) is 19.1.